The summed E-state index contributed by atoms with van der Waals surface area (Å²) in [6.45, 7) is 0. The van der Waals surface area contributed by atoms with Crippen molar-refractivity contribution in [3.63, 3.8) is 0 Å². The Morgan fingerprint density at radius 1 is 1.11 bits per heavy atom. The maximum atomic E-state index is 5.80. The van der Waals surface area contributed by atoms with Gasteiger partial charge in [-0.2, -0.15) is 0 Å². The second kappa shape index (κ2) is 7.17. The number of rotatable bonds is 4. The monoisotopic (exact) mass is 264 g/mol. The average Bonchev–Trinajstić information content (AvgIpc) is 2.70. The summed E-state index contributed by atoms with van der Waals surface area (Å²) in [5, 5.41) is 0. The van der Waals surface area contributed by atoms with Gasteiger partial charge in [-0.05, 0) is 42.7 Å². The molecule has 0 bridgehead atoms. The summed E-state index contributed by atoms with van der Waals surface area (Å²) >= 11 is 1.78. The summed E-state index contributed by atoms with van der Waals surface area (Å²) in [6.07, 6.45) is 10.2. The van der Waals surface area contributed by atoms with Gasteiger partial charge >= 0.3 is 0 Å². The van der Waals surface area contributed by atoms with Gasteiger partial charge in [-0.15, -0.1) is 11.8 Å². The number of hydrogen-bond acceptors (Lipinski definition) is 3. The summed E-state index contributed by atoms with van der Waals surface area (Å²) in [5.74, 6) is 6.49. The van der Waals surface area contributed by atoms with Crippen LogP contribution >= 0.6 is 11.8 Å². The largest absolute Gasteiger partial charge is 0.271 e. The van der Waals surface area contributed by atoms with Crippen molar-refractivity contribution in [2.24, 2.45) is 11.8 Å². The summed E-state index contributed by atoms with van der Waals surface area (Å²) < 4.78 is 0. The fraction of sp³-hybridized carbons (Fsp3) is 0.600. The third-order valence-electron chi connectivity index (χ3n) is 4.03. The van der Waals surface area contributed by atoms with E-state index < -0.39 is 0 Å². The van der Waals surface area contributed by atoms with E-state index >= 15 is 0 Å². The van der Waals surface area contributed by atoms with E-state index in [0.717, 1.165) is 0 Å². The van der Waals surface area contributed by atoms with Crippen molar-refractivity contribution >= 4 is 11.8 Å². The Balaban J connectivity index is 2.10. The van der Waals surface area contributed by atoms with E-state index in [-0.39, 0.29) is 0 Å². The van der Waals surface area contributed by atoms with Crippen molar-refractivity contribution in [3.8, 4) is 0 Å². The Labute approximate surface area is 115 Å². The molecule has 0 heterocycles. The molecule has 1 aromatic rings. The lowest BCUT2D eigenvalue weighted by Crippen LogP contribution is -2.33. The van der Waals surface area contributed by atoms with E-state index in [1.165, 1.54) is 49.0 Å². The molecule has 0 spiro atoms. The Morgan fingerprint density at radius 3 is 2.22 bits per heavy atom. The van der Waals surface area contributed by atoms with Crippen molar-refractivity contribution in [2.75, 3.05) is 6.26 Å². The van der Waals surface area contributed by atoms with Gasteiger partial charge in [0.1, 0.15) is 0 Å². The molecular formula is C15H24N2S. The minimum Gasteiger partial charge on any atom is -0.271 e. The third kappa shape index (κ3) is 3.50. The van der Waals surface area contributed by atoms with Crippen molar-refractivity contribution in [1.82, 2.24) is 5.43 Å². The van der Waals surface area contributed by atoms with E-state index in [1.54, 1.807) is 11.8 Å². The van der Waals surface area contributed by atoms with Crippen molar-refractivity contribution in [1.29, 1.82) is 0 Å². The fourth-order valence-electron chi connectivity index (χ4n) is 2.96. The van der Waals surface area contributed by atoms with E-state index in [0.29, 0.717) is 12.0 Å². The molecule has 1 atom stereocenters. The van der Waals surface area contributed by atoms with Gasteiger partial charge in [-0.3, -0.25) is 11.3 Å². The van der Waals surface area contributed by atoms with Gasteiger partial charge in [0.15, 0.2) is 0 Å². The van der Waals surface area contributed by atoms with Gasteiger partial charge in [0.25, 0.3) is 0 Å². The normalized spacial score (nSPS) is 19.4. The molecule has 1 unspecified atom stereocenters. The predicted molar refractivity (Wildman–Crippen MR) is 79.5 cm³/mol. The zero-order valence-corrected chi connectivity index (χ0v) is 12.0. The molecule has 1 aliphatic rings. The molecule has 1 aliphatic carbocycles. The van der Waals surface area contributed by atoms with Crippen LogP contribution in [0.4, 0.5) is 0 Å². The van der Waals surface area contributed by atoms with Crippen LogP contribution in [0.5, 0.6) is 0 Å². The lowest BCUT2D eigenvalue weighted by molar-refractivity contribution is 0.329. The van der Waals surface area contributed by atoms with Crippen molar-refractivity contribution in [2.45, 2.75) is 49.5 Å². The Morgan fingerprint density at radius 2 is 1.72 bits per heavy atom. The van der Waals surface area contributed by atoms with Crippen LogP contribution in [0.1, 0.15) is 50.1 Å². The van der Waals surface area contributed by atoms with E-state index in [9.17, 15) is 0 Å². The van der Waals surface area contributed by atoms with E-state index in [1.807, 2.05) is 0 Å². The highest BCUT2D eigenvalue weighted by molar-refractivity contribution is 7.98. The van der Waals surface area contributed by atoms with Gasteiger partial charge in [-0.25, -0.2) is 0 Å². The highest BCUT2D eigenvalue weighted by Gasteiger charge is 2.23. The lowest BCUT2D eigenvalue weighted by Gasteiger charge is -2.26. The van der Waals surface area contributed by atoms with Gasteiger partial charge in [-0.1, -0.05) is 37.8 Å². The van der Waals surface area contributed by atoms with E-state index in [4.69, 9.17) is 5.84 Å². The summed E-state index contributed by atoms with van der Waals surface area (Å²) in [5.41, 5.74) is 4.38. The first-order valence-corrected chi connectivity index (χ1v) is 8.17. The predicted octanol–water partition coefficient (Wildman–Crippen LogP) is 3.88. The fourth-order valence-corrected chi connectivity index (χ4v) is 3.37. The molecule has 3 N–H and O–H groups in total. The van der Waals surface area contributed by atoms with Gasteiger partial charge < -0.3 is 0 Å². The summed E-state index contributed by atoms with van der Waals surface area (Å²) in [7, 11) is 0. The van der Waals surface area contributed by atoms with Gasteiger partial charge in [0.05, 0.1) is 0 Å². The maximum absolute atomic E-state index is 5.80. The number of hydrogen-bond donors (Lipinski definition) is 2. The lowest BCUT2D eigenvalue weighted by atomic mass is 9.87. The first kappa shape index (κ1) is 13.9. The molecule has 18 heavy (non-hydrogen) atoms. The number of benzene rings is 1. The van der Waals surface area contributed by atoms with Crippen LogP contribution < -0.4 is 11.3 Å². The number of thioether (sulfide) groups is 1. The Hall–Kier alpha value is -0.510. The zero-order chi connectivity index (χ0) is 12.8. The maximum Gasteiger partial charge on any atom is 0.0488 e. The molecular weight excluding hydrogens is 240 g/mol. The van der Waals surface area contributed by atoms with Crippen LogP contribution in [0.25, 0.3) is 0 Å². The van der Waals surface area contributed by atoms with E-state index in [2.05, 4.69) is 35.9 Å². The molecule has 0 aliphatic heterocycles. The standard InChI is InChI=1S/C15H24N2S/c1-18-14-10-8-13(9-11-14)15(17-16)12-6-4-2-3-5-7-12/h8-12,15,17H,2-7,16H2,1H3. The number of hydrazine groups is 1. The van der Waals surface area contributed by atoms with Crippen LogP contribution in [0, 0.1) is 5.92 Å². The van der Waals surface area contributed by atoms with Crippen LogP contribution in [0.3, 0.4) is 0 Å². The molecule has 0 radical (unpaired) electrons. The quantitative estimate of drug-likeness (QED) is 0.375. The van der Waals surface area contributed by atoms with Crippen LogP contribution in [-0.2, 0) is 0 Å². The average molecular weight is 264 g/mol. The molecule has 1 fully saturated rings. The van der Waals surface area contributed by atoms with Gasteiger partial charge in [0.2, 0.25) is 0 Å². The van der Waals surface area contributed by atoms with Gasteiger partial charge in [0, 0.05) is 10.9 Å². The number of nitrogens with one attached hydrogen (secondary N) is 1. The smallest absolute Gasteiger partial charge is 0.0488 e. The van der Waals surface area contributed by atoms with Crippen molar-refractivity contribution < 1.29 is 0 Å². The molecule has 1 aromatic carbocycles. The third-order valence-corrected chi connectivity index (χ3v) is 4.77. The molecule has 100 valence electrons. The molecule has 0 aromatic heterocycles. The second-order valence-corrected chi connectivity index (χ2v) is 6.05. The molecule has 2 rings (SSSR count). The molecule has 0 amide bonds. The molecule has 2 nitrogen and oxygen atoms in total. The SMILES string of the molecule is CSc1ccc(C(NN)C2CCCCCC2)cc1. The highest BCUT2D eigenvalue weighted by Crippen LogP contribution is 2.33. The Bertz CT molecular complexity index is 342. The highest BCUT2D eigenvalue weighted by atomic mass is 32.2. The molecule has 3 heteroatoms. The first-order chi connectivity index (χ1) is 8.85. The first-order valence-electron chi connectivity index (χ1n) is 6.95. The van der Waals surface area contributed by atoms with Crippen LogP contribution in [0.2, 0.25) is 0 Å². The number of nitrogens with two attached hydrogens (primary N) is 1. The van der Waals surface area contributed by atoms with Crippen molar-refractivity contribution in [3.05, 3.63) is 29.8 Å². The topological polar surface area (TPSA) is 38.0 Å². The Kier molecular flexibility index (Phi) is 5.54. The minimum absolute atomic E-state index is 0.319. The summed E-state index contributed by atoms with van der Waals surface area (Å²) in [4.78, 5) is 1.32. The van der Waals surface area contributed by atoms with Crippen LogP contribution in [-0.4, -0.2) is 6.26 Å². The summed E-state index contributed by atoms with van der Waals surface area (Å²) in [6, 6.07) is 9.16. The molecule has 0 saturated heterocycles. The second-order valence-electron chi connectivity index (χ2n) is 5.17. The zero-order valence-electron chi connectivity index (χ0n) is 11.2. The van der Waals surface area contributed by atoms with Crippen LogP contribution in [0.15, 0.2) is 29.2 Å². The molecule has 1 saturated carbocycles. The minimum atomic E-state index is 0.319.